The van der Waals surface area contributed by atoms with Crippen LogP contribution in [0, 0.1) is 5.92 Å². The maximum Gasteiger partial charge on any atom is 0.257 e. The molecule has 0 aliphatic carbocycles. The number of morpholine rings is 1. The molecule has 2 atom stereocenters. The first-order valence-electron chi connectivity index (χ1n) is 8.03. The molecule has 0 spiro atoms. The first-order valence-corrected chi connectivity index (χ1v) is 8.03. The fourth-order valence-corrected chi connectivity index (χ4v) is 3.06. The highest BCUT2D eigenvalue weighted by atomic mass is 16.5. The van der Waals surface area contributed by atoms with Gasteiger partial charge in [0.1, 0.15) is 6.10 Å². The molecule has 0 unspecified atom stereocenters. The fourth-order valence-electron chi connectivity index (χ4n) is 3.06. The van der Waals surface area contributed by atoms with Gasteiger partial charge in [0.05, 0.1) is 18.0 Å². The molecule has 2 aliphatic rings. The zero-order valence-electron chi connectivity index (χ0n) is 13.6. The van der Waals surface area contributed by atoms with Gasteiger partial charge in [0.15, 0.2) is 0 Å². The smallest absolute Gasteiger partial charge is 0.257 e. The summed E-state index contributed by atoms with van der Waals surface area (Å²) in [7, 11) is 2.03. The molecule has 3 rings (SSSR count). The molecule has 2 heterocycles. The summed E-state index contributed by atoms with van der Waals surface area (Å²) in [5.41, 5.74) is 1.99. The number of amides is 1. The summed E-state index contributed by atoms with van der Waals surface area (Å²) in [6.45, 7) is 7.22. The van der Waals surface area contributed by atoms with Crippen molar-refractivity contribution in [2.24, 2.45) is 5.92 Å². The lowest BCUT2D eigenvalue weighted by atomic mass is 9.99. The third-order valence-electron chi connectivity index (χ3n) is 4.53. The summed E-state index contributed by atoms with van der Waals surface area (Å²) in [5.74, 6) is 0.532. The zero-order chi connectivity index (χ0) is 15.7. The van der Waals surface area contributed by atoms with Crippen LogP contribution in [0.2, 0.25) is 0 Å². The van der Waals surface area contributed by atoms with E-state index in [-0.39, 0.29) is 18.1 Å². The molecule has 5 heteroatoms. The largest absolute Gasteiger partial charge is 0.379 e. The third kappa shape index (κ3) is 2.96. The normalized spacial score (nSPS) is 25.7. The third-order valence-corrected chi connectivity index (χ3v) is 4.53. The molecule has 0 radical (unpaired) electrons. The van der Waals surface area contributed by atoms with E-state index in [0.29, 0.717) is 25.6 Å². The molecule has 0 saturated carbocycles. The zero-order valence-corrected chi connectivity index (χ0v) is 13.6. The number of anilines is 2. The molecule has 0 aromatic heterocycles. The van der Waals surface area contributed by atoms with E-state index in [2.05, 4.69) is 24.1 Å². The predicted octanol–water partition coefficient (Wildman–Crippen LogP) is 1.80. The Balaban J connectivity index is 1.86. The summed E-state index contributed by atoms with van der Waals surface area (Å²) < 4.78 is 5.72. The van der Waals surface area contributed by atoms with Crippen molar-refractivity contribution in [3.8, 4) is 0 Å². The van der Waals surface area contributed by atoms with Crippen LogP contribution in [0.4, 0.5) is 11.4 Å². The summed E-state index contributed by atoms with van der Waals surface area (Å²) >= 11 is 0. The van der Waals surface area contributed by atoms with Crippen LogP contribution in [-0.4, -0.2) is 56.2 Å². The molecular formula is C17H25N3O2. The van der Waals surface area contributed by atoms with E-state index in [1.54, 1.807) is 0 Å². The van der Waals surface area contributed by atoms with Crippen LogP contribution in [0.25, 0.3) is 0 Å². The van der Waals surface area contributed by atoms with Gasteiger partial charge in [0.25, 0.3) is 5.91 Å². The average molecular weight is 303 g/mol. The summed E-state index contributed by atoms with van der Waals surface area (Å²) in [5, 5.41) is 3.55. The van der Waals surface area contributed by atoms with Gasteiger partial charge >= 0.3 is 0 Å². The van der Waals surface area contributed by atoms with Gasteiger partial charge in [-0.05, 0) is 25.1 Å². The highest BCUT2D eigenvalue weighted by molar-refractivity contribution is 6.00. The van der Waals surface area contributed by atoms with Crippen LogP contribution in [0.1, 0.15) is 13.8 Å². The van der Waals surface area contributed by atoms with E-state index in [9.17, 15) is 4.79 Å². The summed E-state index contributed by atoms with van der Waals surface area (Å²) in [4.78, 5) is 17.0. The number of hydrogen-bond donors (Lipinski definition) is 1. The minimum absolute atomic E-state index is 0.0751. The molecular weight excluding hydrogens is 278 g/mol. The topological polar surface area (TPSA) is 44.8 Å². The van der Waals surface area contributed by atoms with Crippen LogP contribution < -0.4 is 10.2 Å². The quantitative estimate of drug-likeness (QED) is 0.905. The number of para-hydroxylation sites is 2. The van der Waals surface area contributed by atoms with Gasteiger partial charge in [-0.2, -0.15) is 0 Å². The van der Waals surface area contributed by atoms with E-state index in [4.69, 9.17) is 4.74 Å². The molecule has 22 heavy (non-hydrogen) atoms. The van der Waals surface area contributed by atoms with Crippen LogP contribution in [0.5, 0.6) is 0 Å². The Kier molecular flexibility index (Phi) is 4.36. The van der Waals surface area contributed by atoms with Gasteiger partial charge in [-0.1, -0.05) is 26.0 Å². The Morgan fingerprint density at radius 2 is 2.09 bits per heavy atom. The lowest BCUT2D eigenvalue weighted by Crippen LogP contribution is -2.54. The van der Waals surface area contributed by atoms with Crippen molar-refractivity contribution in [3.63, 3.8) is 0 Å². The molecule has 120 valence electrons. The van der Waals surface area contributed by atoms with E-state index in [0.717, 1.165) is 17.9 Å². The molecule has 1 N–H and O–H groups in total. The van der Waals surface area contributed by atoms with Crippen LogP contribution in [0.3, 0.4) is 0 Å². The predicted molar refractivity (Wildman–Crippen MR) is 88.3 cm³/mol. The van der Waals surface area contributed by atoms with Crippen molar-refractivity contribution in [2.45, 2.75) is 26.0 Å². The number of carbonyl (C=O) groups is 1. The number of fused-ring (bicyclic) bond motifs is 1. The Morgan fingerprint density at radius 3 is 2.82 bits per heavy atom. The number of benzene rings is 1. The molecule has 5 nitrogen and oxygen atoms in total. The van der Waals surface area contributed by atoms with Gasteiger partial charge in [-0.15, -0.1) is 0 Å². The standard InChI is InChI=1S/C17H25N3O2/c1-12(2)14-10-20(15-7-5-4-6-13(15)18-14)17(21)16-11-19(3)8-9-22-16/h4-7,12,14,16,18H,8-11H2,1-3H3/t14-,16+/m1/s1. The fraction of sp³-hybridized carbons (Fsp3) is 0.588. The maximum absolute atomic E-state index is 13.0. The monoisotopic (exact) mass is 303 g/mol. The average Bonchev–Trinajstić information content (AvgIpc) is 2.53. The van der Waals surface area contributed by atoms with Crippen molar-refractivity contribution in [1.82, 2.24) is 4.90 Å². The number of nitrogens with one attached hydrogen (secondary N) is 1. The summed E-state index contributed by atoms with van der Waals surface area (Å²) in [6, 6.07) is 8.29. The van der Waals surface area contributed by atoms with Crippen LogP contribution in [0.15, 0.2) is 24.3 Å². The van der Waals surface area contributed by atoms with Crippen LogP contribution in [-0.2, 0) is 9.53 Å². The first-order chi connectivity index (χ1) is 10.6. The Labute approximate surface area is 132 Å². The molecule has 1 aromatic rings. The van der Waals surface area contributed by atoms with E-state index in [1.165, 1.54) is 0 Å². The molecule has 1 saturated heterocycles. The van der Waals surface area contributed by atoms with Gasteiger partial charge in [-0.25, -0.2) is 0 Å². The van der Waals surface area contributed by atoms with Crippen molar-refractivity contribution < 1.29 is 9.53 Å². The number of carbonyl (C=O) groups excluding carboxylic acids is 1. The second-order valence-electron chi connectivity index (χ2n) is 6.58. The molecule has 0 bridgehead atoms. The molecule has 1 aromatic carbocycles. The van der Waals surface area contributed by atoms with Crippen molar-refractivity contribution >= 4 is 17.3 Å². The second-order valence-corrected chi connectivity index (χ2v) is 6.58. The number of nitrogens with zero attached hydrogens (tertiary/aromatic N) is 2. The molecule has 2 aliphatic heterocycles. The molecule has 1 fully saturated rings. The Hall–Kier alpha value is -1.59. The first kappa shape index (κ1) is 15.3. The van der Waals surface area contributed by atoms with Crippen LogP contribution >= 0.6 is 0 Å². The minimum Gasteiger partial charge on any atom is -0.379 e. The highest BCUT2D eigenvalue weighted by Crippen LogP contribution is 2.33. The van der Waals surface area contributed by atoms with Crippen molar-refractivity contribution in [1.29, 1.82) is 0 Å². The second kappa shape index (κ2) is 6.26. The van der Waals surface area contributed by atoms with E-state index >= 15 is 0 Å². The number of likely N-dealkylation sites (N-methyl/N-ethyl adjacent to an activating group) is 1. The Bertz CT molecular complexity index is 546. The van der Waals surface area contributed by atoms with Crippen molar-refractivity contribution in [2.75, 3.05) is 43.5 Å². The van der Waals surface area contributed by atoms with Crippen molar-refractivity contribution in [3.05, 3.63) is 24.3 Å². The minimum atomic E-state index is -0.363. The highest BCUT2D eigenvalue weighted by Gasteiger charge is 2.35. The van der Waals surface area contributed by atoms with E-state index in [1.807, 2.05) is 36.2 Å². The van der Waals surface area contributed by atoms with E-state index < -0.39 is 0 Å². The SMILES string of the molecule is CC(C)[C@H]1CN(C(=O)[C@@H]2CN(C)CCO2)c2ccccc2N1. The number of rotatable bonds is 2. The Morgan fingerprint density at radius 1 is 1.32 bits per heavy atom. The number of hydrogen-bond acceptors (Lipinski definition) is 4. The van der Waals surface area contributed by atoms with Gasteiger partial charge in [-0.3, -0.25) is 4.79 Å². The molecule has 1 amide bonds. The maximum atomic E-state index is 13.0. The van der Waals surface area contributed by atoms with Gasteiger partial charge in [0, 0.05) is 25.7 Å². The number of ether oxygens (including phenoxy) is 1. The lowest BCUT2D eigenvalue weighted by molar-refractivity contribution is -0.135. The lowest BCUT2D eigenvalue weighted by Gasteiger charge is -2.40. The summed E-state index contributed by atoms with van der Waals surface area (Å²) in [6.07, 6.45) is -0.363. The van der Waals surface area contributed by atoms with Gasteiger partial charge in [0.2, 0.25) is 0 Å². The van der Waals surface area contributed by atoms with Gasteiger partial charge < -0.3 is 19.9 Å².